The van der Waals surface area contributed by atoms with E-state index in [1.165, 1.54) is 7.11 Å². The van der Waals surface area contributed by atoms with Gasteiger partial charge in [0.1, 0.15) is 11.8 Å². The highest BCUT2D eigenvalue weighted by atomic mass is 35.5. The molecule has 2 aromatic carbocycles. The van der Waals surface area contributed by atoms with Crippen molar-refractivity contribution in [2.24, 2.45) is 0 Å². The lowest BCUT2D eigenvalue weighted by Crippen LogP contribution is -2.43. The molecule has 0 saturated heterocycles. The minimum atomic E-state index is -0.983. The first-order chi connectivity index (χ1) is 12.5. The Bertz CT molecular complexity index is 884. The Morgan fingerprint density at radius 3 is 2.73 bits per heavy atom. The summed E-state index contributed by atoms with van der Waals surface area (Å²) in [6.07, 6.45) is -0.213. The van der Waals surface area contributed by atoms with E-state index < -0.39 is 23.8 Å². The van der Waals surface area contributed by atoms with Crippen molar-refractivity contribution >= 4 is 40.7 Å². The number of hydrogen-bond acceptors (Lipinski definition) is 4. The van der Waals surface area contributed by atoms with Crippen molar-refractivity contribution in [1.29, 1.82) is 0 Å². The van der Waals surface area contributed by atoms with E-state index in [4.69, 9.17) is 16.3 Å². The molecular formula is C18H16ClN3O4. The first-order valence-corrected chi connectivity index (χ1v) is 8.20. The second-order valence-electron chi connectivity index (χ2n) is 5.66. The second kappa shape index (κ2) is 7.45. The number of methoxy groups -OCH3 is 1. The van der Waals surface area contributed by atoms with Gasteiger partial charge in [-0.2, -0.15) is 0 Å². The lowest BCUT2D eigenvalue weighted by molar-refractivity contribution is -0.122. The summed E-state index contributed by atoms with van der Waals surface area (Å²) in [5.41, 5.74) is 1.23. The predicted octanol–water partition coefficient (Wildman–Crippen LogP) is 2.43. The van der Waals surface area contributed by atoms with E-state index in [-0.39, 0.29) is 6.42 Å². The number of para-hydroxylation sites is 1. The zero-order valence-electron chi connectivity index (χ0n) is 13.8. The van der Waals surface area contributed by atoms with E-state index in [9.17, 15) is 14.4 Å². The molecule has 26 heavy (non-hydrogen) atoms. The Kier molecular flexibility index (Phi) is 5.09. The highest BCUT2D eigenvalue weighted by Crippen LogP contribution is 2.27. The van der Waals surface area contributed by atoms with Gasteiger partial charge < -0.3 is 20.7 Å². The number of amides is 3. The fourth-order valence-corrected chi connectivity index (χ4v) is 2.85. The van der Waals surface area contributed by atoms with Crippen LogP contribution in [0.25, 0.3) is 0 Å². The molecule has 134 valence electrons. The molecule has 0 radical (unpaired) electrons. The minimum absolute atomic E-state index is 0.213. The van der Waals surface area contributed by atoms with Gasteiger partial charge in [-0.3, -0.25) is 14.4 Å². The lowest BCUT2D eigenvalue weighted by Gasteiger charge is -2.14. The minimum Gasteiger partial charge on any atom is -0.495 e. The van der Waals surface area contributed by atoms with E-state index in [1.807, 2.05) is 0 Å². The van der Waals surface area contributed by atoms with Gasteiger partial charge in [0, 0.05) is 5.69 Å². The van der Waals surface area contributed by atoms with E-state index in [0.29, 0.717) is 27.7 Å². The quantitative estimate of drug-likeness (QED) is 0.766. The molecule has 1 heterocycles. The van der Waals surface area contributed by atoms with Crippen LogP contribution in [0.1, 0.15) is 16.8 Å². The third-order valence-electron chi connectivity index (χ3n) is 3.88. The number of nitrogens with one attached hydrogen (secondary N) is 3. The van der Waals surface area contributed by atoms with Crippen LogP contribution in [0.4, 0.5) is 11.4 Å². The van der Waals surface area contributed by atoms with Crippen LogP contribution in [0.2, 0.25) is 5.02 Å². The van der Waals surface area contributed by atoms with Crippen molar-refractivity contribution in [1.82, 2.24) is 5.32 Å². The summed E-state index contributed by atoms with van der Waals surface area (Å²) in [4.78, 5) is 36.8. The first-order valence-electron chi connectivity index (χ1n) is 7.82. The number of rotatable bonds is 4. The van der Waals surface area contributed by atoms with Gasteiger partial charge in [0.2, 0.25) is 11.8 Å². The molecular weight excluding hydrogens is 358 g/mol. The fraction of sp³-hybridized carbons (Fsp3) is 0.167. The van der Waals surface area contributed by atoms with Crippen LogP contribution in [0.5, 0.6) is 5.75 Å². The molecule has 1 atom stereocenters. The van der Waals surface area contributed by atoms with Crippen molar-refractivity contribution in [3.63, 3.8) is 0 Å². The standard InChI is InChI=1S/C18H16ClN3O4/c1-26-15-7-6-10(8-12(15)19)20-16(23)9-14-18(25)21-13-5-3-2-4-11(13)17(24)22-14/h2-8,14H,9H2,1H3,(H,20,23)(H,21,25)(H,22,24)/t14-/m1/s1. The van der Waals surface area contributed by atoms with Crippen LogP contribution < -0.4 is 20.7 Å². The molecule has 7 nitrogen and oxygen atoms in total. The van der Waals surface area contributed by atoms with E-state index >= 15 is 0 Å². The first kappa shape index (κ1) is 17.8. The Balaban J connectivity index is 1.69. The molecule has 1 aliphatic heterocycles. The molecule has 0 bridgehead atoms. The molecule has 8 heteroatoms. The topological polar surface area (TPSA) is 96.5 Å². The maximum atomic E-state index is 12.3. The van der Waals surface area contributed by atoms with E-state index in [0.717, 1.165) is 0 Å². The van der Waals surface area contributed by atoms with Gasteiger partial charge in [0.05, 0.1) is 29.8 Å². The molecule has 1 aliphatic rings. The summed E-state index contributed by atoms with van der Waals surface area (Å²) in [5, 5.41) is 8.23. The fourth-order valence-electron chi connectivity index (χ4n) is 2.60. The van der Waals surface area contributed by atoms with Crippen molar-refractivity contribution in [3.8, 4) is 5.75 Å². The van der Waals surface area contributed by atoms with Gasteiger partial charge >= 0.3 is 0 Å². The SMILES string of the molecule is COc1ccc(NC(=O)C[C@H]2NC(=O)c3ccccc3NC2=O)cc1Cl. The number of anilines is 2. The Labute approximate surface area is 154 Å². The third kappa shape index (κ3) is 3.78. The van der Waals surface area contributed by atoms with Crippen molar-refractivity contribution in [3.05, 3.63) is 53.1 Å². The number of fused-ring (bicyclic) bond motifs is 1. The van der Waals surface area contributed by atoms with Crippen LogP contribution in [0, 0.1) is 0 Å². The van der Waals surface area contributed by atoms with Gasteiger partial charge in [-0.15, -0.1) is 0 Å². The molecule has 3 amide bonds. The molecule has 3 rings (SSSR count). The number of carbonyl (C=O) groups excluding carboxylic acids is 3. The molecule has 0 fully saturated rings. The molecule has 2 aromatic rings. The van der Waals surface area contributed by atoms with Crippen LogP contribution in [0.3, 0.4) is 0 Å². The largest absolute Gasteiger partial charge is 0.495 e. The monoisotopic (exact) mass is 373 g/mol. The number of halogens is 1. The summed E-state index contributed by atoms with van der Waals surface area (Å²) in [6.45, 7) is 0. The van der Waals surface area contributed by atoms with Crippen LogP contribution in [0.15, 0.2) is 42.5 Å². The normalized spacial score (nSPS) is 16.0. The Morgan fingerprint density at radius 1 is 1.23 bits per heavy atom. The smallest absolute Gasteiger partial charge is 0.254 e. The number of hydrogen-bond donors (Lipinski definition) is 3. The number of benzene rings is 2. The molecule has 0 aliphatic carbocycles. The Hall–Kier alpha value is -3.06. The summed E-state index contributed by atoms with van der Waals surface area (Å²) >= 11 is 6.02. The molecule has 0 aromatic heterocycles. The average Bonchev–Trinajstić information content (AvgIpc) is 2.72. The summed E-state index contributed by atoms with van der Waals surface area (Å²) in [7, 11) is 1.49. The van der Waals surface area contributed by atoms with E-state index in [1.54, 1.807) is 42.5 Å². The zero-order valence-corrected chi connectivity index (χ0v) is 14.6. The van der Waals surface area contributed by atoms with Gasteiger partial charge in [0.25, 0.3) is 5.91 Å². The number of ether oxygens (including phenoxy) is 1. The number of carbonyl (C=O) groups is 3. The second-order valence-corrected chi connectivity index (χ2v) is 6.07. The maximum Gasteiger partial charge on any atom is 0.254 e. The van der Waals surface area contributed by atoms with Crippen LogP contribution >= 0.6 is 11.6 Å². The van der Waals surface area contributed by atoms with Gasteiger partial charge in [-0.1, -0.05) is 23.7 Å². The van der Waals surface area contributed by atoms with Crippen molar-refractivity contribution in [2.75, 3.05) is 17.7 Å². The average molecular weight is 374 g/mol. The maximum absolute atomic E-state index is 12.3. The Morgan fingerprint density at radius 2 is 2.00 bits per heavy atom. The summed E-state index contributed by atoms with van der Waals surface area (Å²) in [5.74, 6) is -0.814. The van der Waals surface area contributed by atoms with Gasteiger partial charge in [-0.05, 0) is 30.3 Å². The predicted molar refractivity (Wildman–Crippen MR) is 97.6 cm³/mol. The highest BCUT2D eigenvalue weighted by molar-refractivity contribution is 6.32. The van der Waals surface area contributed by atoms with Crippen molar-refractivity contribution < 1.29 is 19.1 Å². The summed E-state index contributed by atoms with van der Waals surface area (Å²) in [6, 6.07) is 10.5. The van der Waals surface area contributed by atoms with Crippen molar-refractivity contribution in [2.45, 2.75) is 12.5 Å². The molecule has 0 saturated carbocycles. The molecule has 3 N–H and O–H groups in total. The third-order valence-corrected chi connectivity index (χ3v) is 4.17. The van der Waals surface area contributed by atoms with E-state index in [2.05, 4.69) is 16.0 Å². The molecule has 0 unspecified atom stereocenters. The zero-order chi connectivity index (χ0) is 18.7. The van der Waals surface area contributed by atoms with Gasteiger partial charge in [0.15, 0.2) is 0 Å². The summed E-state index contributed by atoms with van der Waals surface area (Å²) < 4.78 is 5.05. The van der Waals surface area contributed by atoms with Gasteiger partial charge in [-0.25, -0.2) is 0 Å². The van der Waals surface area contributed by atoms with Crippen LogP contribution in [-0.4, -0.2) is 30.9 Å². The molecule has 0 spiro atoms. The highest BCUT2D eigenvalue weighted by Gasteiger charge is 2.29. The van der Waals surface area contributed by atoms with Crippen LogP contribution in [-0.2, 0) is 9.59 Å². The lowest BCUT2D eigenvalue weighted by atomic mass is 10.1.